The Morgan fingerprint density at radius 2 is 2.29 bits per heavy atom. The summed E-state index contributed by atoms with van der Waals surface area (Å²) in [6.07, 6.45) is 1.88. The molecule has 0 saturated heterocycles. The maximum Gasteiger partial charge on any atom is 0.338 e. The van der Waals surface area contributed by atoms with Gasteiger partial charge >= 0.3 is 12.0 Å². The Morgan fingerprint density at radius 3 is 2.86 bits per heavy atom. The summed E-state index contributed by atoms with van der Waals surface area (Å²) in [5.41, 5.74) is 1.19. The van der Waals surface area contributed by atoms with Gasteiger partial charge < -0.3 is 10.1 Å². The molecule has 1 aromatic rings. The van der Waals surface area contributed by atoms with Crippen LogP contribution in [0.1, 0.15) is 37.6 Å². The SMILES string of the molecule is CCCCN1C(=O)N[C@H](c2cccs2)C(C(=O)OC)=C1C. The maximum absolute atomic E-state index is 12.3. The highest BCUT2D eigenvalue weighted by molar-refractivity contribution is 7.10. The molecule has 0 saturated carbocycles. The first-order chi connectivity index (χ1) is 10.1. The zero-order chi connectivity index (χ0) is 15.4. The minimum absolute atomic E-state index is 0.160. The van der Waals surface area contributed by atoms with Crippen LogP contribution in [-0.2, 0) is 9.53 Å². The van der Waals surface area contributed by atoms with E-state index in [0.29, 0.717) is 17.8 Å². The molecule has 1 aliphatic rings. The second-order valence-corrected chi connectivity index (χ2v) is 5.87. The van der Waals surface area contributed by atoms with Crippen LogP contribution >= 0.6 is 11.3 Å². The van der Waals surface area contributed by atoms with Gasteiger partial charge in [0.2, 0.25) is 0 Å². The molecule has 2 heterocycles. The van der Waals surface area contributed by atoms with Crippen LogP contribution in [0.3, 0.4) is 0 Å². The third kappa shape index (κ3) is 3.10. The third-order valence-electron chi connectivity index (χ3n) is 3.56. The lowest BCUT2D eigenvalue weighted by Crippen LogP contribution is -2.48. The number of urea groups is 1. The highest BCUT2D eigenvalue weighted by Crippen LogP contribution is 2.33. The Morgan fingerprint density at radius 1 is 1.52 bits per heavy atom. The summed E-state index contributed by atoms with van der Waals surface area (Å²) < 4.78 is 4.91. The summed E-state index contributed by atoms with van der Waals surface area (Å²) >= 11 is 1.51. The summed E-state index contributed by atoms with van der Waals surface area (Å²) in [5, 5.41) is 4.84. The molecular formula is C15H20N2O3S. The van der Waals surface area contributed by atoms with Crippen molar-refractivity contribution in [1.82, 2.24) is 10.2 Å². The van der Waals surface area contributed by atoms with E-state index in [-0.39, 0.29) is 6.03 Å². The first kappa shape index (κ1) is 15.6. The van der Waals surface area contributed by atoms with Crippen LogP contribution in [0.15, 0.2) is 28.8 Å². The van der Waals surface area contributed by atoms with Crippen molar-refractivity contribution in [2.24, 2.45) is 0 Å². The van der Waals surface area contributed by atoms with Crippen molar-refractivity contribution in [2.45, 2.75) is 32.7 Å². The van der Waals surface area contributed by atoms with Gasteiger partial charge in [0.15, 0.2) is 0 Å². The number of nitrogens with zero attached hydrogens (tertiary/aromatic N) is 1. The van der Waals surface area contributed by atoms with Gasteiger partial charge in [0.25, 0.3) is 0 Å². The maximum atomic E-state index is 12.3. The summed E-state index contributed by atoms with van der Waals surface area (Å²) in [4.78, 5) is 27.0. The van der Waals surface area contributed by atoms with Crippen molar-refractivity contribution in [1.29, 1.82) is 0 Å². The van der Waals surface area contributed by atoms with Gasteiger partial charge in [0.05, 0.1) is 18.7 Å². The van der Waals surface area contributed by atoms with E-state index in [1.165, 1.54) is 18.4 Å². The molecule has 0 spiro atoms. The highest BCUT2D eigenvalue weighted by Gasteiger charge is 2.36. The molecule has 0 radical (unpaired) electrons. The first-order valence-electron chi connectivity index (χ1n) is 7.00. The molecule has 5 nitrogen and oxygen atoms in total. The molecule has 2 amide bonds. The number of thiophene rings is 1. The summed E-state index contributed by atoms with van der Waals surface area (Å²) in [6.45, 7) is 4.48. The van der Waals surface area contributed by atoms with E-state index in [1.54, 1.807) is 11.8 Å². The van der Waals surface area contributed by atoms with Crippen LogP contribution in [0, 0.1) is 0 Å². The van der Waals surface area contributed by atoms with Gasteiger partial charge in [0.1, 0.15) is 0 Å². The quantitative estimate of drug-likeness (QED) is 0.851. The summed E-state index contributed by atoms with van der Waals surface area (Å²) in [6, 6.07) is 3.22. The van der Waals surface area contributed by atoms with Crippen LogP contribution in [0.5, 0.6) is 0 Å². The van der Waals surface area contributed by atoms with Crippen molar-refractivity contribution in [3.8, 4) is 0 Å². The average molecular weight is 308 g/mol. The van der Waals surface area contributed by atoms with E-state index in [4.69, 9.17) is 4.74 Å². The van der Waals surface area contributed by atoms with Gasteiger partial charge in [-0.25, -0.2) is 9.59 Å². The van der Waals surface area contributed by atoms with Crippen molar-refractivity contribution in [3.05, 3.63) is 33.7 Å². The fraction of sp³-hybridized carbons (Fsp3) is 0.467. The Bertz CT molecular complexity index is 551. The van der Waals surface area contributed by atoms with E-state index in [0.717, 1.165) is 17.7 Å². The average Bonchev–Trinajstić information content (AvgIpc) is 3.00. The van der Waals surface area contributed by atoms with Gasteiger partial charge in [-0.05, 0) is 24.8 Å². The molecule has 2 rings (SSSR count). The molecule has 1 aromatic heterocycles. The molecule has 0 unspecified atom stereocenters. The molecule has 114 valence electrons. The van der Waals surface area contributed by atoms with Crippen LogP contribution in [0.2, 0.25) is 0 Å². The molecule has 0 bridgehead atoms. The second kappa shape index (κ2) is 6.76. The lowest BCUT2D eigenvalue weighted by atomic mass is 10.0. The predicted octanol–water partition coefficient (Wildman–Crippen LogP) is 3.06. The number of allylic oxidation sites excluding steroid dienone is 1. The minimum atomic E-state index is -0.428. The number of methoxy groups -OCH3 is 1. The van der Waals surface area contributed by atoms with Crippen LogP contribution in [0.4, 0.5) is 4.79 Å². The Hall–Kier alpha value is -1.82. The number of unbranched alkanes of at least 4 members (excludes halogenated alkanes) is 1. The third-order valence-corrected chi connectivity index (χ3v) is 4.50. The number of esters is 1. The molecule has 1 N–H and O–H groups in total. The zero-order valence-corrected chi connectivity index (χ0v) is 13.3. The van der Waals surface area contributed by atoms with E-state index < -0.39 is 12.0 Å². The smallest absolute Gasteiger partial charge is 0.338 e. The second-order valence-electron chi connectivity index (χ2n) is 4.89. The Kier molecular flexibility index (Phi) is 5.01. The predicted molar refractivity (Wildman–Crippen MR) is 81.9 cm³/mol. The van der Waals surface area contributed by atoms with Crippen LogP contribution < -0.4 is 5.32 Å². The number of ether oxygens (including phenoxy) is 1. The lowest BCUT2D eigenvalue weighted by molar-refractivity contribution is -0.136. The molecule has 21 heavy (non-hydrogen) atoms. The number of nitrogens with one attached hydrogen (secondary N) is 1. The van der Waals surface area contributed by atoms with Crippen LogP contribution in [-0.4, -0.2) is 30.6 Å². The minimum Gasteiger partial charge on any atom is -0.466 e. The molecule has 0 aliphatic carbocycles. The Labute approximate surface area is 128 Å². The number of amides is 2. The first-order valence-corrected chi connectivity index (χ1v) is 7.88. The van der Waals surface area contributed by atoms with Crippen molar-refractivity contribution in [3.63, 3.8) is 0 Å². The lowest BCUT2D eigenvalue weighted by Gasteiger charge is -2.34. The molecule has 1 atom stereocenters. The van der Waals surface area contributed by atoms with Crippen molar-refractivity contribution >= 4 is 23.3 Å². The number of hydrogen-bond acceptors (Lipinski definition) is 4. The number of carbonyl (C=O) groups is 2. The molecule has 0 aromatic carbocycles. The fourth-order valence-corrected chi connectivity index (χ4v) is 3.19. The monoisotopic (exact) mass is 308 g/mol. The number of carbonyl (C=O) groups excluding carboxylic acids is 2. The largest absolute Gasteiger partial charge is 0.466 e. The van der Waals surface area contributed by atoms with Crippen molar-refractivity contribution in [2.75, 3.05) is 13.7 Å². The standard InChI is InChI=1S/C15H20N2O3S/c1-4-5-8-17-10(2)12(14(18)20-3)13(16-15(17)19)11-7-6-9-21-11/h6-7,9,13H,4-5,8H2,1-3H3,(H,16,19)/t13-/m1/s1. The molecule has 1 aliphatic heterocycles. The topological polar surface area (TPSA) is 58.6 Å². The molecule has 0 fully saturated rings. The van der Waals surface area contributed by atoms with Gasteiger partial charge in [-0.3, -0.25) is 4.90 Å². The van der Waals surface area contributed by atoms with Crippen LogP contribution in [0.25, 0.3) is 0 Å². The molecule has 6 heteroatoms. The van der Waals surface area contributed by atoms with E-state index in [9.17, 15) is 9.59 Å². The van der Waals surface area contributed by atoms with Gasteiger partial charge in [-0.1, -0.05) is 19.4 Å². The van der Waals surface area contributed by atoms with E-state index in [1.807, 2.05) is 17.5 Å². The van der Waals surface area contributed by atoms with E-state index in [2.05, 4.69) is 12.2 Å². The number of rotatable bonds is 5. The summed E-state index contributed by atoms with van der Waals surface area (Å²) in [5.74, 6) is -0.396. The molecular weight excluding hydrogens is 288 g/mol. The van der Waals surface area contributed by atoms with Gasteiger partial charge in [0, 0.05) is 17.1 Å². The van der Waals surface area contributed by atoms with Gasteiger partial charge in [-0.2, -0.15) is 0 Å². The highest BCUT2D eigenvalue weighted by atomic mass is 32.1. The Balaban J connectivity index is 2.42. The number of hydrogen-bond donors (Lipinski definition) is 1. The van der Waals surface area contributed by atoms with Crippen molar-refractivity contribution < 1.29 is 14.3 Å². The van der Waals surface area contributed by atoms with Gasteiger partial charge in [-0.15, -0.1) is 11.3 Å². The normalized spacial score (nSPS) is 18.7. The van der Waals surface area contributed by atoms with E-state index >= 15 is 0 Å². The fourth-order valence-electron chi connectivity index (χ4n) is 2.41. The summed E-state index contributed by atoms with van der Waals surface area (Å²) in [7, 11) is 1.36. The zero-order valence-electron chi connectivity index (χ0n) is 12.5.